The summed E-state index contributed by atoms with van der Waals surface area (Å²) in [5.74, 6) is -2.19. The van der Waals surface area contributed by atoms with Crippen LogP contribution in [0.2, 0.25) is 0 Å². The van der Waals surface area contributed by atoms with Gasteiger partial charge in [0.15, 0.2) is 0 Å². The molecule has 0 aliphatic heterocycles. The van der Waals surface area contributed by atoms with Crippen LogP contribution < -0.4 is 10.6 Å². The molecule has 1 aromatic heterocycles. The Labute approximate surface area is 228 Å². The van der Waals surface area contributed by atoms with E-state index in [-0.39, 0.29) is 23.7 Å². The van der Waals surface area contributed by atoms with Gasteiger partial charge in [0.25, 0.3) is 5.91 Å². The first kappa shape index (κ1) is 26.7. The monoisotopic (exact) mass is 534 g/mol. The maximum absolute atomic E-state index is 13.8. The van der Waals surface area contributed by atoms with Gasteiger partial charge in [0.1, 0.15) is 5.00 Å². The van der Waals surface area contributed by atoms with Crippen molar-refractivity contribution in [2.45, 2.75) is 72.8 Å². The van der Waals surface area contributed by atoms with E-state index in [0.29, 0.717) is 23.0 Å². The molecule has 3 aliphatic carbocycles. The first-order chi connectivity index (χ1) is 18.2. The average molecular weight is 535 g/mol. The number of fused-ring (bicyclic) bond motifs is 3. The number of nitrogens with one attached hydrogen (secondary N) is 2. The fraction of sp³-hybridized carbons (Fsp3) is 0.516. The molecule has 2 fully saturated rings. The quantitative estimate of drug-likeness (QED) is 0.372. The normalized spacial score (nSPS) is 25.7. The molecule has 0 unspecified atom stereocenters. The van der Waals surface area contributed by atoms with Crippen molar-refractivity contribution in [3.8, 4) is 0 Å². The molecule has 0 spiro atoms. The van der Waals surface area contributed by atoms with Gasteiger partial charge in [-0.25, -0.2) is 0 Å². The predicted molar refractivity (Wildman–Crippen MR) is 150 cm³/mol. The Morgan fingerprint density at radius 2 is 1.71 bits per heavy atom. The maximum Gasteiger partial charge on any atom is 0.307 e. The van der Waals surface area contributed by atoms with Crippen LogP contribution in [0.3, 0.4) is 0 Å². The minimum Gasteiger partial charge on any atom is -0.481 e. The summed E-state index contributed by atoms with van der Waals surface area (Å²) in [6, 6.07) is 8.07. The predicted octanol–water partition coefficient (Wildman–Crippen LogP) is 6.13. The third kappa shape index (κ3) is 4.81. The summed E-state index contributed by atoms with van der Waals surface area (Å²) in [6.07, 6.45) is 5.52. The highest BCUT2D eigenvalue weighted by Gasteiger charge is 2.57. The van der Waals surface area contributed by atoms with Crippen LogP contribution in [-0.4, -0.2) is 22.9 Å². The van der Waals surface area contributed by atoms with Gasteiger partial charge >= 0.3 is 5.97 Å². The topological polar surface area (TPSA) is 95.5 Å². The average Bonchev–Trinajstić information content (AvgIpc) is 3.57. The van der Waals surface area contributed by atoms with Crippen LogP contribution in [0, 0.1) is 36.5 Å². The van der Waals surface area contributed by atoms with Crippen LogP contribution in [0.1, 0.15) is 78.4 Å². The smallest absolute Gasteiger partial charge is 0.307 e. The Kier molecular flexibility index (Phi) is 7.49. The van der Waals surface area contributed by atoms with Crippen LogP contribution >= 0.6 is 11.3 Å². The second-order valence-electron chi connectivity index (χ2n) is 11.5. The lowest BCUT2D eigenvalue weighted by atomic mass is 9.78. The molecule has 2 saturated carbocycles. The number of carbonyl (C=O) groups excluding carboxylic acids is 2. The summed E-state index contributed by atoms with van der Waals surface area (Å²) in [4.78, 5) is 40.8. The largest absolute Gasteiger partial charge is 0.481 e. The third-order valence-corrected chi connectivity index (χ3v) is 10.2. The van der Waals surface area contributed by atoms with Crippen molar-refractivity contribution in [1.82, 2.24) is 5.32 Å². The Morgan fingerprint density at radius 1 is 1.03 bits per heavy atom. The minimum absolute atomic E-state index is 0.0380. The van der Waals surface area contributed by atoms with E-state index < -0.39 is 17.8 Å². The number of allylic oxidation sites excluding steroid dienone is 2. The molecule has 2 bridgehead atoms. The standard InChI is InChI=1S/C31H38N2O4S/c1-5-18-10-11-20-23(14-18)38-30(27(20)28(34)32-15-19-8-6-17(4)7-9-19)33-29(35)25-21-12-13-22(24(21)16(2)3)26(25)31(36)37/h6-9,18,21-22,25-26H,5,10-15H2,1-4H3,(H,32,34)(H,33,35)(H,36,37)/t18-,21+,22-,25+,26-/m0/s1. The number of carbonyl (C=O) groups is 3. The Morgan fingerprint density at radius 3 is 2.34 bits per heavy atom. The van der Waals surface area contributed by atoms with Crippen molar-refractivity contribution in [1.29, 1.82) is 0 Å². The number of carboxylic acid groups (broad SMARTS) is 1. The molecular weight excluding hydrogens is 496 g/mol. The summed E-state index contributed by atoms with van der Waals surface area (Å²) in [7, 11) is 0. The second-order valence-corrected chi connectivity index (χ2v) is 12.6. The number of thiophene rings is 1. The van der Waals surface area contributed by atoms with E-state index >= 15 is 0 Å². The molecule has 5 atom stereocenters. The zero-order chi connectivity index (χ0) is 27.1. The van der Waals surface area contributed by atoms with Gasteiger partial charge in [0.05, 0.1) is 17.4 Å². The van der Waals surface area contributed by atoms with Crippen LogP contribution in [0.4, 0.5) is 5.00 Å². The van der Waals surface area contributed by atoms with Gasteiger partial charge < -0.3 is 15.7 Å². The van der Waals surface area contributed by atoms with E-state index in [4.69, 9.17) is 0 Å². The molecule has 6 nitrogen and oxygen atoms in total. The molecule has 1 aromatic carbocycles. The first-order valence-electron chi connectivity index (χ1n) is 13.9. The summed E-state index contributed by atoms with van der Waals surface area (Å²) in [5.41, 5.74) is 6.09. The van der Waals surface area contributed by atoms with E-state index in [2.05, 4.69) is 17.6 Å². The number of aliphatic carboxylic acids is 1. The van der Waals surface area contributed by atoms with E-state index in [1.165, 1.54) is 21.8 Å². The molecule has 38 heavy (non-hydrogen) atoms. The molecule has 7 heteroatoms. The van der Waals surface area contributed by atoms with Gasteiger partial charge in [0, 0.05) is 11.4 Å². The fourth-order valence-corrected chi connectivity index (χ4v) is 8.47. The van der Waals surface area contributed by atoms with Crippen molar-refractivity contribution in [2.24, 2.45) is 29.6 Å². The van der Waals surface area contributed by atoms with Crippen molar-refractivity contribution >= 4 is 34.1 Å². The molecule has 5 rings (SSSR count). The summed E-state index contributed by atoms with van der Waals surface area (Å²) in [6.45, 7) is 8.68. The number of benzene rings is 1. The highest BCUT2D eigenvalue weighted by Crippen LogP contribution is 2.57. The molecule has 0 radical (unpaired) electrons. The zero-order valence-electron chi connectivity index (χ0n) is 22.7. The van der Waals surface area contributed by atoms with Crippen molar-refractivity contribution < 1.29 is 19.5 Å². The minimum atomic E-state index is -0.900. The van der Waals surface area contributed by atoms with E-state index in [0.717, 1.165) is 60.8 Å². The molecule has 2 amide bonds. The fourth-order valence-electron chi connectivity index (χ4n) is 7.11. The molecule has 1 heterocycles. The lowest BCUT2D eigenvalue weighted by molar-refractivity contribution is -0.148. The highest BCUT2D eigenvalue weighted by molar-refractivity contribution is 7.17. The number of hydrogen-bond donors (Lipinski definition) is 3. The third-order valence-electron chi connectivity index (χ3n) is 8.99. The summed E-state index contributed by atoms with van der Waals surface area (Å²) in [5, 5.41) is 16.8. The van der Waals surface area contributed by atoms with Crippen molar-refractivity contribution in [3.05, 3.63) is 62.5 Å². The summed E-state index contributed by atoms with van der Waals surface area (Å²) >= 11 is 1.50. The van der Waals surface area contributed by atoms with Gasteiger partial charge in [0.2, 0.25) is 5.91 Å². The van der Waals surface area contributed by atoms with Crippen LogP contribution in [-0.2, 0) is 29.0 Å². The second kappa shape index (κ2) is 10.7. The Balaban J connectivity index is 1.43. The SMILES string of the molecule is CC[C@H]1CCc2c(sc(NC(=O)[C@H]3[C@@H](C(=O)O)[C@H]4CC[C@@H]3C4=C(C)C)c2C(=O)NCc2ccc(C)cc2)C1. The Hall–Kier alpha value is -2.93. The Bertz CT molecular complexity index is 1290. The van der Waals surface area contributed by atoms with E-state index in [1.54, 1.807) is 0 Å². The number of aryl methyl sites for hydroxylation is 1. The number of rotatable bonds is 7. The zero-order valence-corrected chi connectivity index (χ0v) is 23.5. The molecule has 0 saturated heterocycles. The van der Waals surface area contributed by atoms with E-state index in [9.17, 15) is 19.5 Å². The molecule has 3 N–H and O–H groups in total. The number of amides is 2. The van der Waals surface area contributed by atoms with Crippen molar-refractivity contribution in [2.75, 3.05) is 5.32 Å². The number of anilines is 1. The van der Waals surface area contributed by atoms with Crippen LogP contribution in [0.15, 0.2) is 35.4 Å². The first-order valence-corrected chi connectivity index (χ1v) is 14.7. The lowest BCUT2D eigenvalue weighted by Gasteiger charge is -2.26. The molecular formula is C31H38N2O4S. The summed E-state index contributed by atoms with van der Waals surface area (Å²) < 4.78 is 0. The van der Waals surface area contributed by atoms with Gasteiger partial charge in [-0.3, -0.25) is 14.4 Å². The van der Waals surface area contributed by atoms with Gasteiger partial charge in [-0.1, -0.05) is 54.3 Å². The number of carboxylic acids is 1. The number of hydrogen-bond acceptors (Lipinski definition) is 4. The van der Waals surface area contributed by atoms with Crippen molar-refractivity contribution in [3.63, 3.8) is 0 Å². The highest BCUT2D eigenvalue weighted by atomic mass is 32.1. The van der Waals surface area contributed by atoms with Crippen LogP contribution in [0.25, 0.3) is 0 Å². The lowest BCUT2D eigenvalue weighted by Crippen LogP contribution is -2.38. The van der Waals surface area contributed by atoms with Gasteiger partial charge in [-0.05, 0) is 81.8 Å². The van der Waals surface area contributed by atoms with Gasteiger partial charge in [-0.15, -0.1) is 11.3 Å². The molecule has 202 valence electrons. The maximum atomic E-state index is 13.8. The van der Waals surface area contributed by atoms with Crippen LogP contribution in [0.5, 0.6) is 0 Å². The molecule has 3 aliphatic rings. The van der Waals surface area contributed by atoms with E-state index in [1.807, 2.05) is 45.0 Å². The van der Waals surface area contributed by atoms with Gasteiger partial charge in [-0.2, -0.15) is 0 Å². The molecule has 2 aromatic rings.